The van der Waals surface area contributed by atoms with Gasteiger partial charge in [-0.2, -0.15) is 13.1 Å². The molecule has 13 nitrogen and oxygen atoms in total. The van der Waals surface area contributed by atoms with Crippen LogP contribution in [-0.2, 0) is 19.8 Å². The van der Waals surface area contributed by atoms with Gasteiger partial charge in [0.1, 0.15) is 41.9 Å². The van der Waals surface area contributed by atoms with Crippen molar-refractivity contribution in [2.24, 2.45) is 0 Å². The molecule has 3 aromatic rings. The lowest BCUT2D eigenvalue weighted by atomic mass is 9.93. The van der Waals surface area contributed by atoms with Crippen molar-refractivity contribution in [3.63, 3.8) is 0 Å². The van der Waals surface area contributed by atoms with E-state index >= 15 is 0 Å². The van der Waals surface area contributed by atoms with Crippen LogP contribution in [0.15, 0.2) is 53.2 Å². The molecule has 1 saturated heterocycles. The number of benzene rings is 1. The molecule has 0 atom stereocenters. The standard InChI is InChI=1S/C30H40N6O7S/c1-29(2,3)25-18-26(35-42-25)34-28(38)33-21-10-8-20(9-11-21)32-27(37)24-13-12-23(19-31-24)41-22-14-16-36(17-15-22,30(4,5)6)43-44(7,39)40/h8-13,18-19,22H,14-17H2,1-7H3,(H2-,31,32,33,34,35,37,38)/p+1. The Bertz CT molecular complexity index is 1570. The van der Waals surface area contributed by atoms with E-state index in [0.717, 1.165) is 6.26 Å². The highest BCUT2D eigenvalue weighted by atomic mass is 32.2. The van der Waals surface area contributed by atoms with E-state index in [1.807, 2.05) is 41.5 Å². The molecule has 0 bridgehead atoms. The van der Waals surface area contributed by atoms with Crippen molar-refractivity contribution in [2.75, 3.05) is 35.3 Å². The zero-order valence-electron chi connectivity index (χ0n) is 26.1. The van der Waals surface area contributed by atoms with E-state index in [4.69, 9.17) is 13.5 Å². The Morgan fingerprint density at radius 2 is 1.55 bits per heavy atom. The molecule has 3 N–H and O–H groups in total. The number of amides is 3. The largest absolute Gasteiger partial charge is 0.488 e. The van der Waals surface area contributed by atoms with Crippen molar-refractivity contribution in [3.05, 3.63) is 60.1 Å². The fourth-order valence-corrected chi connectivity index (χ4v) is 5.66. The smallest absolute Gasteiger partial charge is 0.324 e. The number of nitrogens with zero attached hydrogens (tertiary/aromatic N) is 3. The molecule has 3 heterocycles. The summed E-state index contributed by atoms with van der Waals surface area (Å²) in [5.41, 5.74) is 0.586. The zero-order valence-corrected chi connectivity index (χ0v) is 26.9. The lowest BCUT2D eigenvalue weighted by Gasteiger charge is -2.47. The number of urea groups is 1. The molecule has 44 heavy (non-hydrogen) atoms. The number of hydroxylamine groups is 3. The van der Waals surface area contributed by atoms with Gasteiger partial charge in [0, 0.05) is 35.7 Å². The topological polar surface area (TPSA) is 162 Å². The normalized spacial score (nSPS) is 19.2. The number of carbonyl (C=O) groups excluding carboxylic acids is 2. The molecule has 0 radical (unpaired) electrons. The highest BCUT2D eigenvalue weighted by Crippen LogP contribution is 2.33. The molecular weight excluding hydrogens is 588 g/mol. The summed E-state index contributed by atoms with van der Waals surface area (Å²) in [6.07, 6.45) is 3.62. The Labute approximate surface area is 258 Å². The van der Waals surface area contributed by atoms with Gasteiger partial charge in [0.25, 0.3) is 5.91 Å². The predicted molar refractivity (Wildman–Crippen MR) is 166 cm³/mol. The number of quaternary nitrogens is 1. The van der Waals surface area contributed by atoms with Crippen molar-refractivity contribution in [2.45, 2.75) is 71.4 Å². The number of pyridine rings is 1. The van der Waals surface area contributed by atoms with Crippen LogP contribution in [0.3, 0.4) is 0 Å². The van der Waals surface area contributed by atoms with Gasteiger partial charge in [-0.1, -0.05) is 30.2 Å². The van der Waals surface area contributed by atoms with Gasteiger partial charge in [-0.15, -0.1) is 0 Å². The van der Waals surface area contributed by atoms with E-state index in [1.54, 1.807) is 42.5 Å². The van der Waals surface area contributed by atoms with Gasteiger partial charge in [0.15, 0.2) is 5.82 Å². The van der Waals surface area contributed by atoms with Crippen molar-refractivity contribution in [3.8, 4) is 5.75 Å². The van der Waals surface area contributed by atoms with Crippen molar-refractivity contribution >= 4 is 39.2 Å². The average Bonchev–Trinajstić information content (AvgIpc) is 3.39. The van der Waals surface area contributed by atoms with E-state index in [9.17, 15) is 18.0 Å². The summed E-state index contributed by atoms with van der Waals surface area (Å²) in [5, 5.41) is 12.0. The van der Waals surface area contributed by atoms with Gasteiger partial charge >= 0.3 is 16.1 Å². The maximum absolute atomic E-state index is 12.8. The van der Waals surface area contributed by atoms with Crippen molar-refractivity contribution < 1.29 is 36.2 Å². The third-order valence-corrected chi connectivity index (χ3v) is 7.84. The molecule has 0 saturated carbocycles. The molecule has 0 aliphatic carbocycles. The van der Waals surface area contributed by atoms with Crippen LogP contribution in [0, 0.1) is 0 Å². The van der Waals surface area contributed by atoms with E-state index in [1.165, 1.54) is 6.20 Å². The fraction of sp³-hybridized carbons (Fsp3) is 0.467. The van der Waals surface area contributed by atoms with Gasteiger partial charge in [0.05, 0.1) is 12.5 Å². The first kappa shape index (κ1) is 32.9. The number of carbonyl (C=O) groups is 2. The highest BCUT2D eigenvalue weighted by Gasteiger charge is 2.49. The third-order valence-electron chi connectivity index (χ3n) is 7.29. The lowest BCUT2D eigenvalue weighted by molar-refractivity contribution is -1.12. The maximum Gasteiger partial charge on any atom is 0.324 e. The Hall–Kier alpha value is -4.01. The summed E-state index contributed by atoms with van der Waals surface area (Å²) in [6.45, 7) is 12.8. The molecule has 4 rings (SSSR count). The number of rotatable bonds is 8. The molecule has 1 fully saturated rings. The molecule has 0 spiro atoms. The van der Waals surface area contributed by atoms with Gasteiger partial charge in [0.2, 0.25) is 0 Å². The van der Waals surface area contributed by atoms with Crippen LogP contribution < -0.4 is 20.7 Å². The molecule has 2 aromatic heterocycles. The van der Waals surface area contributed by atoms with Crippen LogP contribution in [0.25, 0.3) is 0 Å². The Morgan fingerprint density at radius 1 is 0.932 bits per heavy atom. The Morgan fingerprint density at radius 3 is 2.05 bits per heavy atom. The number of anilines is 3. The minimum Gasteiger partial charge on any atom is -0.488 e. The SMILES string of the molecule is CC(C)(C)c1cc(NC(=O)Nc2ccc(NC(=O)c3ccc(OC4CC[N+](OS(C)(=O)=O)(C(C)(C)C)CC4)cn3)cc2)no1. The second-order valence-corrected chi connectivity index (χ2v) is 14.5. The maximum atomic E-state index is 12.8. The van der Waals surface area contributed by atoms with E-state index < -0.39 is 27.6 Å². The Balaban J connectivity index is 1.27. The molecular formula is C30H41N6O7S+. The van der Waals surface area contributed by atoms with E-state index in [2.05, 4.69) is 26.1 Å². The van der Waals surface area contributed by atoms with E-state index in [-0.39, 0.29) is 21.9 Å². The van der Waals surface area contributed by atoms with Gasteiger partial charge < -0.3 is 19.9 Å². The van der Waals surface area contributed by atoms with Crippen LogP contribution in [0.1, 0.15) is 70.6 Å². The number of ether oxygens (including phenoxy) is 1. The quantitative estimate of drug-likeness (QED) is 0.280. The second kappa shape index (κ2) is 12.5. The summed E-state index contributed by atoms with van der Waals surface area (Å²) in [5.74, 6) is 1.07. The summed E-state index contributed by atoms with van der Waals surface area (Å²) < 4.78 is 40.8. The third kappa shape index (κ3) is 8.55. The van der Waals surface area contributed by atoms with Crippen LogP contribution in [0.5, 0.6) is 5.75 Å². The number of aromatic nitrogens is 2. The van der Waals surface area contributed by atoms with Crippen molar-refractivity contribution in [1.82, 2.24) is 10.1 Å². The monoisotopic (exact) mass is 629 g/mol. The molecule has 1 aromatic carbocycles. The molecule has 1 aliphatic rings. The number of hydrogen-bond donors (Lipinski definition) is 3. The molecule has 14 heteroatoms. The fourth-order valence-electron chi connectivity index (χ4n) is 4.77. The van der Waals surface area contributed by atoms with Crippen molar-refractivity contribution in [1.29, 1.82) is 0 Å². The zero-order chi connectivity index (χ0) is 32.3. The van der Waals surface area contributed by atoms with E-state index in [0.29, 0.717) is 54.6 Å². The first-order chi connectivity index (χ1) is 20.4. The number of nitrogens with one attached hydrogen (secondary N) is 3. The summed E-state index contributed by atoms with van der Waals surface area (Å²) in [6, 6.07) is 11.1. The second-order valence-electron chi connectivity index (χ2n) is 12.9. The molecule has 3 amide bonds. The van der Waals surface area contributed by atoms with Crippen LogP contribution >= 0.6 is 0 Å². The summed E-state index contributed by atoms with van der Waals surface area (Å²) in [7, 11) is -3.64. The molecule has 238 valence electrons. The minimum absolute atomic E-state index is 0.00843. The van der Waals surface area contributed by atoms with Crippen LogP contribution in [-0.4, -0.2) is 66.1 Å². The first-order valence-electron chi connectivity index (χ1n) is 14.3. The first-order valence-corrected chi connectivity index (χ1v) is 16.1. The highest BCUT2D eigenvalue weighted by molar-refractivity contribution is 7.85. The molecule has 1 aliphatic heterocycles. The van der Waals surface area contributed by atoms with Gasteiger partial charge in [-0.05, 0) is 57.2 Å². The molecule has 0 unspecified atom stereocenters. The minimum atomic E-state index is -3.64. The van der Waals surface area contributed by atoms with Gasteiger partial charge in [-0.3, -0.25) is 10.1 Å². The van der Waals surface area contributed by atoms with Crippen LogP contribution in [0.4, 0.5) is 22.0 Å². The summed E-state index contributed by atoms with van der Waals surface area (Å²) in [4.78, 5) is 29.3. The Kier molecular flexibility index (Phi) is 9.37. The summed E-state index contributed by atoms with van der Waals surface area (Å²) >= 11 is 0. The average molecular weight is 630 g/mol. The number of likely N-dealkylation sites (tertiary alicyclic amines) is 1. The predicted octanol–water partition coefficient (Wildman–Crippen LogP) is 5.31. The van der Waals surface area contributed by atoms with Gasteiger partial charge in [-0.25, -0.2) is 9.78 Å². The lowest BCUT2D eigenvalue weighted by Crippen LogP contribution is -2.64. The number of hydrogen-bond acceptors (Lipinski definition) is 9. The number of piperidine rings is 1. The van der Waals surface area contributed by atoms with Crippen LogP contribution in [0.2, 0.25) is 0 Å².